The predicted molar refractivity (Wildman–Crippen MR) is 136 cm³/mol. The molecule has 6 nitrogen and oxygen atoms in total. The van der Waals surface area contributed by atoms with Crippen molar-refractivity contribution < 1.29 is 19.2 Å². The SMILES string of the molecule is O=C(c1ccccc1)[C@@H]1C(c2ccc(OCc3ccccc3)cc2)=NO[C@]12C(=O)Nc1ccccc12. The number of hydrogen-bond acceptors (Lipinski definition) is 5. The summed E-state index contributed by atoms with van der Waals surface area (Å²) in [4.78, 5) is 33.2. The molecule has 2 atom stereocenters. The molecule has 0 aromatic heterocycles. The molecule has 1 amide bonds. The van der Waals surface area contributed by atoms with Crippen molar-refractivity contribution in [1.29, 1.82) is 0 Å². The summed E-state index contributed by atoms with van der Waals surface area (Å²) in [5.74, 6) is -0.908. The van der Waals surface area contributed by atoms with Gasteiger partial charge in [-0.15, -0.1) is 0 Å². The summed E-state index contributed by atoms with van der Waals surface area (Å²) in [6.45, 7) is 0.444. The fourth-order valence-electron chi connectivity index (χ4n) is 4.81. The topological polar surface area (TPSA) is 77.0 Å². The smallest absolute Gasteiger partial charge is 0.277 e. The van der Waals surface area contributed by atoms with Crippen molar-refractivity contribution in [2.45, 2.75) is 12.2 Å². The van der Waals surface area contributed by atoms with Gasteiger partial charge in [-0.2, -0.15) is 0 Å². The van der Waals surface area contributed by atoms with Crippen LogP contribution in [0.25, 0.3) is 0 Å². The van der Waals surface area contributed by atoms with Crippen LogP contribution in [0, 0.1) is 5.92 Å². The van der Waals surface area contributed by atoms with Crippen LogP contribution in [0.15, 0.2) is 114 Å². The first kappa shape index (κ1) is 21.8. The summed E-state index contributed by atoms with van der Waals surface area (Å²) in [5, 5.41) is 7.21. The number of carbonyl (C=O) groups is 2. The third kappa shape index (κ3) is 3.55. The quantitative estimate of drug-likeness (QED) is 0.383. The Labute approximate surface area is 208 Å². The molecule has 0 fully saturated rings. The number of ether oxygens (including phenoxy) is 1. The lowest BCUT2D eigenvalue weighted by atomic mass is 9.74. The van der Waals surface area contributed by atoms with Gasteiger partial charge in [-0.05, 0) is 35.9 Å². The molecule has 176 valence electrons. The summed E-state index contributed by atoms with van der Waals surface area (Å²) in [6, 6.07) is 33.4. The largest absolute Gasteiger partial charge is 0.489 e. The zero-order chi connectivity index (χ0) is 24.5. The molecule has 0 bridgehead atoms. The van der Waals surface area contributed by atoms with Gasteiger partial charge in [0.25, 0.3) is 11.5 Å². The maximum absolute atomic E-state index is 13.9. The van der Waals surface area contributed by atoms with E-state index >= 15 is 0 Å². The van der Waals surface area contributed by atoms with Gasteiger partial charge < -0.3 is 14.9 Å². The lowest BCUT2D eigenvalue weighted by Crippen LogP contribution is -2.46. The highest BCUT2D eigenvalue weighted by Gasteiger charge is 2.63. The minimum atomic E-state index is -1.57. The molecular weight excluding hydrogens is 452 g/mol. The van der Waals surface area contributed by atoms with Crippen LogP contribution in [0.4, 0.5) is 5.69 Å². The fourth-order valence-corrected chi connectivity index (χ4v) is 4.81. The van der Waals surface area contributed by atoms with E-state index in [-0.39, 0.29) is 5.78 Å². The van der Waals surface area contributed by atoms with Crippen LogP contribution in [0.1, 0.15) is 27.0 Å². The molecule has 0 saturated heterocycles. The van der Waals surface area contributed by atoms with E-state index in [9.17, 15) is 9.59 Å². The van der Waals surface area contributed by atoms with Crippen molar-refractivity contribution >= 4 is 23.1 Å². The lowest BCUT2D eigenvalue weighted by Gasteiger charge is -2.26. The zero-order valence-corrected chi connectivity index (χ0v) is 19.3. The van der Waals surface area contributed by atoms with Crippen molar-refractivity contribution in [3.8, 4) is 5.75 Å². The molecule has 1 N–H and O–H groups in total. The zero-order valence-electron chi connectivity index (χ0n) is 19.3. The van der Waals surface area contributed by atoms with Gasteiger partial charge in [0.05, 0.1) is 0 Å². The number of amides is 1. The predicted octanol–water partition coefficient (Wildman–Crippen LogP) is 5.35. The standard InChI is InChI=1S/C30H22N2O4/c33-28(22-11-5-2-6-12-22)26-27(32-36-30(26)24-13-7-8-14-25(24)31-29(30)34)21-15-17-23(18-16-21)35-19-20-9-3-1-4-10-20/h1-18,26H,19H2,(H,31,34)/t26-,30-/m0/s1. The molecule has 4 aromatic rings. The lowest BCUT2D eigenvalue weighted by molar-refractivity contribution is -0.140. The van der Waals surface area contributed by atoms with Crippen LogP contribution >= 0.6 is 0 Å². The molecule has 2 heterocycles. The van der Waals surface area contributed by atoms with E-state index in [0.29, 0.717) is 40.4 Å². The molecule has 6 heteroatoms. The average Bonchev–Trinajstić information content (AvgIpc) is 3.47. The molecular formula is C30H22N2O4. The van der Waals surface area contributed by atoms with Crippen LogP contribution in [-0.2, 0) is 21.8 Å². The molecule has 0 saturated carbocycles. The van der Waals surface area contributed by atoms with Crippen molar-refractivity contribution in [3.05, 3.63) is 131 Å². The summed E-state index contributed by atoms with van der Waals surface area (Å²) in [6.07, 6.45) is 0. The molecule has 1 spiro atoms. The van der Waals surface area contributed by atoms with Gasteiger partial charge in [0.1, 0.15) is 24.0 Å². The van der Waals surface area contributed by atoms with E-state index in [2.05, 4.69) is 10.5 Å². The van der Waals surface area contributed by atoms with E-state index in [0.717, 1.165) is 5.56 Å². The second-order valence-electron chi connectivity index (χ2n) is 8.77. The van der Waals surface area contributed by atoms with E-state index < -0.39 is 17.4 Å². The minimum Gasteiger partial charge on any atom is -0.489 e. The van der Waals surface area contributed by atoms with Gasteiger partial charge in [-0.25, -0.2) is 0 Å². The second kappa shape index (κ2) is 8.82. The number of ketones is 1. The maximum Gasteiger partial charge on any atom is 0.277 e. The molecule has 0 radical (unpaired) electrons. The average molecular weight is 475 g/mol. The van der Waals surface area contributed by atoms with Gasteiger partial charge >= 0.3 is 0 Å². The van der Waals surface area contributed by atoms with Gasteiger partial charge in [0.15, 0.2) is 5.78 Å². The van der Waals surface area contributed by atoms with E-state index in [1.807, 2.05) is 72.8 Å². The highest BCUT2D eigenvalue weighted by Crippen LogP contribution is 2.49. The Morgan fingerprint density at radius 1 is 0.861 bits per heavy atom. The van der Waals surface area contributed by atoms with Crippen molar-refractivity contribution in [3.63, 3.8) is 0 Å². The summed E-state index contributed by atoms with van der Waals surface area (Å²) in [5.41, 5.74) is 2.30. The van der Waals surface area contributed by atoms with Crippen LogP contribution in [0.2, 0.25) is 0 Å². The number of rotatable bonds is 6. The Kier molecular flexibility index (Phi) is 5.34. The number of fused-ring (bicyclic) bond motifs is 2. The van der Waals surface area contributed by atoms with Crippen LogP contribution in [0.3, 0.4) is 0 Å². The Balaban J connectivity index is 1.36. The van der Waals surface area contributed by atoms with E-state index in [1.165, 1.54) is 0 Å². The number of anilines is 1. The number of oxime groups is 1. The Morgan fingerprint density at radius 3 is 2.28 bits per heavy atom. The molecule has 0 unspecified atom stereocenters. The molecule has 36 heavy (non-hydrogen) atoms. The highest BCUT2D eigenvalue weighted by molar-refractivity contribution is 6.24. The van der Waals surface area contributed by atoms with E-state index in [1.54, 1.807) is 36.4 Å². The van der Waals surface area contributed by atoms with Crippen LogP contribution in [-0.4, -0.2) is 17.4 Å². The maximum atomic E-state index is 13.9. The van der Waals surface area contributed by atoms with Gasteiger partial charge in [0, 0.05) is 22.4 Å². The first-order chi connectivity index (χ1) is 17.7. The third-order valence-corrected chi connectivity index (χ3v) is 6.60. The Morgan fingerprint density at radius 2 is 1.53 bits per heavy atom. The first-order valence-corrected chi connectivity index (χ1v) is 11.7. The normalized spacial score (nSPS) is 19.8. The molecule has 0 aliphatic carbocycles. The Bertz CT molecular complexity index is 1470. The van der Waals surface area contributed by atoms with Crippen molar-refractivity contribution in [2.75, 3.05) is 5.32 Å². The monoisotopic (exact) mass is 474 g/mol. The summed E-state index contributed by atoms with van der Waals surface area (Å²) in [7, 11) is 0. The first-order valence-electron chi connectivity index (χ1n) is 11.7. The molecule has 6 rings (SSSR count). The van der Waals surface area contributed by atoms with Gasteiger partial charge in [0.2, 0.25) is 0 Å². The summed E-state index contributed by atoms with van der Waals surface area (Å²) < 4.78 is 5.91. The molecule has 2 aliphatic rings. The number of nitrogens with zero attached hydrogens (tertiary/aromatic N) is 1. The van der Waals surface area contributed by atoms with Gasteiger partial charge in [-0.3, -0.25) is 9.59 Å². The number of benzene rings is 4. The number of para-hydroxylation sites is 1. The second-order valence-corrected chi connectivity index (χ2v) is 8.77. The van der Waals surface area contributed by atoms with Crippen molar-refractivity contribution in [1.82, 2.24) is 0 Å². The van der Waals surface area contributed by atoms with Crippen LogP contribution < -0.4 is 10.1 Å². The van der Waals surface area contributed by atoms with Crippen molar-refractivity contribution in [2.24, 2.45) is 11.1 Å². The van der Waals surface area contributed by atoms with Gasteiger partial charge in [-0.1, -0.05) is 84.0 Å². The number of carbonyl (C=O) groups excluding carboxylic acids is 2. The fraction of sp³-hybridized carbons (Fsp3) is 0.100. The summed E-state index contributed by atoms with van der Waals surface area (Å²) >= 11 is 0. The molecule has 2 aliphatic heterocycles. The third-order valence-electron chi connectivity index (χ3n) is 6.60. The highest BCUT2D eigenvalue weighted by atomic mass is 16.7. The number of hydrogen-bond donors (Lipinski definition) is 1. The van der Waals surface area contributed by atoms with E-state index in [4.69, 9.17) is 9.57 Å². The Hall–Kier alpha value is -4.71. The molecule has 4 aromatic carbocycles. The van der Waals surface area contributed by atoms with Crippen LogP contribution in [0.5, 0.6) is 5.75 Å². The number of Topliss-reactive ketones (excluding diaryl/α,β-unsaturated/α-hetero) is 1. The number of nitrogens with one attached hydrogen (secondary N) is 1. The minimum absolute atomic E-state index is 0.233.